The molecule has 0 saturated carbocycles. The number of aromatic nitrogens is 1. The first-order valence-electron chi connectivity index (χ1n) is 5.72. The van der Waals surface area contributed by atoms with Gasteiger partial charge in [0.1, 0.15) is 6.54 Å². The third-order valence-corrected chi connectivity index (χ3v) is 3.37. The van der Waals surface area contributed by atoms with Crippen molar-refractivity contribution in [1.82, 2.24) is 9.88 Å². The Morgan fingerprint density at radius 3 is 2.72 bits per heavy atom. The summed E-state index contributed by atoms with van der Waals surface area (Å²) in [5.74, 6) is 0.399. The zero-order valence-corrected chi connectivity index (χ0v) is 13.5. The average Bonchev–Trinajstić information content (AvgIpc) is 2.24. The minimum Gasteiger partial charge on any atom is -0.355 e. The normalized spacial score (nSPS) is 10.7. The minimum absolute atomic E-state index is 0.0367. The molecule has 0 saturated heterocycles. The first kappa shape index (κ1) is 15.4. The van der Waals surface area contributed by atoms with E-state index in [1.807, 2.05) is 0 Å². The lowest BCUT2D eigenvalue weighted by Gasteiger charge is -2.09. The van der Waals surface area contributed by atoms with Crippen LogP contribution in [0.15, 0.2) is 26.0 Å². The summed E-state index contributed by atoms with van der Waals surface area (Å²) < 4.78 is 2.56. The Morgan fingerprint density at radius 2 is 2.11 bits per heavy atom. The number of amides is 1. The van der Waals surface area contributed by atoms with Gasteiger partial charge in [0.25, 0.3) is 5.56 Å². The molecule has 0 aliphatic rings. The van der Waals surface area contributed by atoms with Crippen molar-refractivity contribution in [2.75, 3.05) is 6.54 Å². The average molecular weight is 380 g/mol. The number of halogens is 2. The Morgan fingerprint density at radius 1 is 1.44 bits per heavy atom. The molecule has 0 fully saturated rings. The fraction of sp³-hybridized carbons (Fsp3) is 0.500. The van der Waals surface area contributed by atoms with Gasteiger partial charge in [0, 0.05) is 17.2 Å². The molecule has 0 unspecified atom stereocenters. The molecular weight excluding hydrogens is 364 g/mol. The molecule has 1 aromatic rings. The lowest BCUT2D eigenvalue weighted by molar-refractivity contribution is -0.121. The van der Waals surface area contributed by atoms with Crippen molar-refractivity contribution >= 4 is 37.8 Å². The number of hydrogen-bond acceptors (Lipinski definition) is 2. The molecule has 0 aliphatic carbocycles. The summed E-state index contributed by atoms with van der Waals surface area (Å²) in [4.78, 5) is 23.4. The largest absolute Gasteiger partial charge is 0.355 e. The van der Waals surface area contributed by atoms with E-state index in [1.54, 1.807) is 12.3 Å². The van der Waals surface area contributed by atoms with E-state index in [9.17, 15) is 9.59 Å². The molecule has 0 aliphatic heterocycles. The SMILES string of the molecule is CC(C)CCNC(=O)Cn1cc(Br)cc(Br)c1=O. The summed E-state index contributed by atoms with van der Waals surface area (Å²) in [7, 11) is 0. The van der Waals surface area contributed by atoms with Crippen LogP contribution in [0.1, 0.15) is 20.3 Å². The smallest absolute Gasteiger partial charge is 0.265 e. The molecule has 0 atom stereocenters. The van der Waals surface area contributed by atoms with Gasteiger partial charge in [-0.1, -0.05) is 13.8 Å². The van der Waals surface area contributed by atoms with Crippen LogP contribution in [-0.2, 0) is 11.3 Å². The van der Waals surface area contributed by atoms with Crippen LogP contribution < -0.4 is 10.9 Å². The second-order valence-electron chi connectivity index (χ2n) is 4.47. The third-order valence-electron chi connectivity index (χ3n) is 2.37. The van der Waals surface area contributed by atoms with E-state index in [2.05, 4.69) is 51.0 Å². The monoisotopic (exact) mass is 378 g/mol. The van der Waals surface area contributed by atoms with E-state index in [1.165, 1.54) is 4.57 Å². The lowest BCUT2D eigenvalue weighted by Crippen LogP contribution is -2.33. The molecular formula is C12H16Br2N2O2. The van der Waals surface area contributed by atoms with E-state index in [4.69, 9.17) is 0 Å². The van der Waals surface area contributed by atoms with E-state index < -0.39 is 0 Å². The zero-order chi connectivity index (χ0) is 13.7. The molecule has 1 heterocycles. The van der Waals surface area contributed by atoms with Gasteiger partial charge in [-0.3, -0.25) is 9.59 Å². The predicted octanol–water partition coefficient (Wildman–Crippen LogP) is 2.54. The van der Waals surface area contributed by atoms with Gasteiger partial charge in [-0.15, -0.1) is 0 Å². The summed E-state index contributed by atoms with van der Waals surface area (Å²) in [5.41, 5.74) is -0.211. The highest BCUT2D eigenvalue weighted by molar-refractivity contribution is 9.11. The van der Waals surface area contributed by atoms with Crippen molar-refractivity contribution in [3.05, 3.63) is 31.6 Å². The van der Waals surface area contributed by atoms with Crippen molar-refractivity contribution in [3.8, 4) is 0 Å². The molecule has 0 radical (unpaired) electrons. The van der Waals surface area contributed by atoms with Gasteiger partial charge in [0.15, 0.2) is 0 Å². The topological polar surface area (TPSA) is 51.1 Å². The maximum atomic E-state index is 11.8. The van der Waals surface area contributed by atoms with Crippen LogP contribution in [0.2, 0.25) is 0 Å². The number of carbonyl (C=O) groups is 1. The number of carbonyl (C=O) groups excluding carboxylic acids is 1. The number of nitrogens with zero attached hydrogens (tertiary/aromatic N) is 1. The molecule has 0 spiro atoms. The molecule has 1 aromatic heterocycles. The highest BCUT2D eigenvalue weighted by Crippen LogP contribution is 2.12. The first-order valence-corrected chi connectivity index (χ1v) is 7.31. The first-order chi connectivity index (χ1) is 8.40. The van der Waals surface area contributed by atoms with Crippen LogP contribution in [0.25, 0.3) is 0 Å². The molecule has 1 N–H and O–H groups in total. The Labute approximate surface area is 123 Å². The van der Waals surface area contributed by atoms with Crippen molar-refractivity contribution < 1.29 is 4.79 Å². The molecule has 4 nitrogen and oxygen atoms in total. The molecule has 0 aromatic carbocycles. The van der Waals surface area contributed by atoms with Gasteiger partial charge in [0.2, 0.25) is 5.91 Å². The van der Waals surface area contributed by atoms with Gasteiger partial charge < -0.3 is 9.88 Å². The molecule has 0 bridgehead atoms. The highest BCUT2D eigenvalue weighted by Gasteiger charge is 2.07. The van der Waals surface area contributed by atoms with Gasteiger partial charge in [0.05, 0.1) is 4.47 Å². The van der Waals surface area contributed by atoms with Crippen LogP contribution in [0, 0.1) is 5.92 Å². The Balaban J connectivity index is 2.62. The minimum atomic E-state index is -0.211. The maximum absolute atomic E-state index is 11.8. The Hall–Kier alpha value is -0.620. The summed E-state index contributed by atoms with van der Waals surface area (Å²) in [5, 5.41) is 2.80. The van der Waals surface area contributed by atoms with Crippen LogP contribution in [0.3, 0.4) is 0 Å². The van der Waals surface area contributed by atoms with Gasteiger partial charge in [-0.25, -0.2) is 0 Å². The predicted molar refractivity (Wildman–Crippen MR) is 78.6 cm³/mol. The van der Waals surface area contributed by atoms with Crippen LogP contribution in [-0.4, -0.2) is 17.0 Å². The summed E-state index contributed by atoms with van der Waals surface area (Å²) in [6, 6.07) is 1.66. The quantitative estimate of drug-likeness (QED) is 0.854. The van der Waals surface area contributed by atoms with Crippen molar-refractivity contribution in [2.45, 2.75) is 26.8 Å². The second kappa shape index (κ2) is 7.09. The molecule has 1 rings (SSSR count). The van der Waals surface area contributed by atoms with Crippen LogP contribution in [0.5, 0.6) is 0 Å². The van der Waals surface area contributed by atoms with Gasteiger partial charge in [-0.05, 0) is 50.3 Å². The number of hydrogen-bond donors (Lipinski definition) is 1. The Bertz CT molecular complexity index is 483. The Kier molecular flexibility index (Phi) is 6.08. The van der Waals surface area contributed by atoms with E-state index in [0.29, 0.717) is 16.9 Å². The summed E-state index contributed by atoms with van der Waals surface area (Å²) >= 11 is 6.45. The van der Waals surface area contributed by atoms with Crippen LogP contribution >= 0.6 is 31.9 Å². The standard InChI is InChI=1S/C12H16Br2N2O2/c1-8(2)3-4-15-11(17)7-16-6-9(13)5-10(14)12(16)18/h5-6,8H,3-4,7H2,1-2H3,(H,15,17). The molecule has 18 heavy (non-hydrogen) atoms. The van der Waals surface area contributed by atoms with E-state index in [0.717, 1.165) is 10.9 Å². The molecule has 1 amide bonds. The van der Waals surface area contributed by atoms with Crippen molar-refractivity contribution in [3.63, 3.8) is 0 Å². The zero-order valence-electron chi connectivity index (χ0n) is 10.4. The van der Waals surface area contributed by atoms with Crippen molar-refractivity contribution in [2.24, 2.45) is 5.92 Å². The maximum Gasteiger partial charge on any atom is 0.265 e. The number of pyridine rings is 1. The number of nitrogens with one attached hydrogen (secondary N) is 1. The molecule has 100 valence electrons. The van der Waals surface area contributed by atoms with Crippen LogP contribution in [0.4, 0.5) is 0 Å². The highest BCUT2D eigenvalue weighted by atomic mass is 79.9. The summed E-state index contributed by atoms with van der Waals surface area (Å²) in [6.45, 7) is 4.87. The third kappa shape index (κ3) is 4.94. The summed E-state index contributed by atoms with van der Waals surface area (Å²) in [6.07, 6.45) is 2.54. The van der Waals surface area contributed by atoms with Gasteiger partial charge in [-0.2, -0.15) is 0 Å². The fourth-order valence-corrected chi connectivity index (χ4v) is 2.65. The van der Waals surface area contributed by atoms with Crippen molar-refractivity contribution in [1.29, 1.82) is 0 Å². The van der Waals surface area contributed by atoms with E-state index in [-0.39, 0.29) is 18.0 Å². The number of rotatable bonds is 5. The lowest BCUT2D eigenvalue weighted by atomic mass is 10.1. The van der Waals surface area contributed by atoms with Gasteiger partial charge >= 0.3 is 0 Å². The second-order valence-corrected chi connectivity index (χ2v) is 6.24. The van der Waals surface area contributed by atoms with E-state index >= 15 is 0 Å². The molecule has 6 heteroatoms. The fourth-order valence-electron chi connectivity index (χ4n) is 1.39.